The van der Waals surface area contributed by atoms with E-state index in [1.165, 1.54) is 50.5 Å². The number of carbonyl (C=O) groups is 1. The van der Waals surface area contributed by atoms with Crippen molar-refractivity contribution in [3.05, 3.63) is 11.6 Å². The first kappa shape index (κ1) is 15.4. The van der Waals surface area contributed by atoms with Crippen LogP contribution < -0.4 is 0 Å². The summed E-state index contributed by atoms with van der Waals surface area (Å²) >= 11 is 0. The second kappa shape index (κ2) is 5.20. The van der Waals surface area contributed by atoms with Gasteiger partial charge in [0.05, 0.1) is 6.07 Å². The third kappa shape index (κ3) is 2.01. The van der Waals surface area contributed by atoms with Gasteiger partial charge in [-0.2, -0.15) is 5.26 Å². The fourth-order valence-electron chi connectivity index (χ4n) is 7.27. The van der Waals surface area contributed by atoms with Crippen LogP contribution in [0.15, 0.2) is 11.6 Å². The van der Waals surface area contributed by atoms with Gasteiger partial charge in [0.1, 0.15) is 5.78 Å². The number of nitrogens with zero attached hydrogens (tertiary/aromatic N) is 1. The first-order chi connectivity index (χ1) is 11.0. The summed E-state index contributed by atoms with van der Waals surface area (Å²) < 4.78 is 0. The molecule has 0 heterocycles. The van der Waals surface area contributed by atoms with Crippen molar-refractivity contribution in [2.24, 2.45) is 34.5 Å². The van der Waals surface area contributed by atoms with E-state index < -0.39 is 0 Å². The number of carbonyl (C=O) groups excluding carboxylic acids is 1. The van der Waals surface area contributed by atoms with E-state index in [9.17, 15) is 4.79 Å². The second-order valence-corrected chi connectivity index (χ2v) is 9.17. The van der Waals surface area contributed by atoms with Crippen molar-refractivity contribution in [2.75, 3.05) is 0 Å². The molecule has 0 aromatic carbocycles. The van der Waals surface area contributed by atoms with E-state index >= 15 is 0 Å². The van der Waals surface area contributed by atoms with E-state index in [2.05, 4.69) is 19.9 Å². The van der Waals surface area contributed by atoms with Crippen LogP contribution in [-0.2, 0) is 4.79 Å². The van der Waals surface area contributed by atoms with Crippen LogP contribution in [0.1, 0.15) is 71.6 Å². The molecule has 4 fully saturated rings. The fourth-order valence-corrected chi connectivity index (χ4v) is 7.27. The van der Waals surface area contributed by atoms with Crippen molar-refractivity contribution in [3.8, 4) is 6.07 Å². The summed E-state index contributed by atoms with van der Waals surface area (Å²) in [6, 6.07) is 2.23. The fraction of sp³-hybridized carbons (Fsp3) is 0.810. The Morgan fingerprint density at radius 2 is 2.00 bits per heavy atom. The summed E-state index contributed by atoms with van der Waals surface area (Å²) in [6.45, 7) is 4.71. The minimum atomic E-state index is -0.0220. The number of hydrogen-bond acceptors (Lipinski definition) is 2. The number of hydrogen-bond donors (Lipinski definition) is 0. The van der Waals surface area contributed by atoms with Gasteiger partial charge >= 0.3 is 0 Å². The molecule has 0 N–H and O–H groups in total. The minimum absolute atomic E-state index is 0.0220. The average Bonchev–Trinajstić information content (AvgIpc) is 2.83. The largest absolute Gasteiger partial charge is 0.299 e. The summed E-state index contributed by atoms with van der Waals surface area (Å²) in [5.41, 5.74) is 1.50. The lowest BCUT2D eigenvalue weighted by atomic mass is 9.45. The topological polar surface area (TPSA) is 40.9 Å². The molecule has 2 heteroatoms. The summed E-state index contributed by atoms with van der Waals surface area (Å²) in [7, 11) is 0. The first-order valence-electron chi connectivity index (χ1n) is 9.62. The van der Waals surface area contributed by atoms with Crippen LogP contribution in [0.25, 0.3) is 0 Å². The summed E-state index contributed by atoms with van der Waals surface area (Å²) in [4.78, 5) is 13.3. The van der Waals surface area contributed by atoms with Gasteiger partial charge in [-0.05, 0) is 67.1 Å². The van der Waals surface area contributed by atoms with Crippen molar-refractivity contribution in [1.29, 1.82) is 5.26 Å². The molecular formula is C21H29NO. The minimum Gasteiger partial charge on any atom is -0.299 e. The molecule has 124 valence electrons. The maximum atomic E-state index is 13.3. The van der Waals surface area contributed by atoms with Crippen LogP contribution in [0.4, 0.5) is 0 Å². The third-order valence-electron chi connectivity index (χ3n) is 8.36. The first-order valence-corrected chi connectivity index (χ1v) is 9.62. The lowest BCUT2D eigenvalue weighted by molar-refractivity contribution is -0.153. The average molecular weight is 311 g/mol. The number of Topliss-reactive ketones (excluding diaryl/α,β-unsaturated/α-hetero) is 1. The van der Waals surface area contributed by atoms with Crippen LogP contribution >= 0.6 is 0 Å². The Balaban J connectivity index is 1.72. The highest BCUT2D eigenvalue weighted by molar-refractivity contribution is 5.85. The van der Waals surface area contributed by atoms with Gasteiger partial charge in [0.15, 0.2) is 0 Å². The van der Waals surface area contributed by atoms with E-state index in [0.717, 1.165) is 12.3 Å². The maximum Gasteiger partial charge on any atom is 0.137 e. The van der Waals surface area contributed by atoms with Crippen molar-refractivity contribution in [3.63, 3.8) is 0 Å². The number of fused-ring (bicyclic) bond motifs is 5. The molecule has 0 bridgehead atoms. The van der Waals surface area contributed by atoms with Gasteiger partial charge in [0.25, 0.3) is 0 Å². The Hall–Kier alpha value is -1.10. The zero-order chi connectivity index (χ0) is 16.2. The lowest BCUT2D eigenvalue weighted by Crippen LogP contribution is -2.56. The Labute approximate surface area is 140 Å². The Morgan fingerprint density at radius 3 is 2.78 bits per heavy atom. The maximum absolute atomic E-state index is 13.3. The molecule has 0 spiro atoms. The molecule has 0 aromatic heterocycles. The van der Waals surface area contributed by atoms with Gasteiger partial charge in [-0.1, -0.05) is 32.3 Å². The molecule has 4 aliphatic rings. The van der Waals surface area contributed by atoms with Crippen LogP contribution in [0.3, 0.4) is 0 Å². The van der Waals surface area contributed by atoms with E-state index in [0.29, 0.717) is 30.0 Å². The Kier molecular flexibility index (Phi) is 3.49. The zero-order valence-corrected chi connectivity index (χ0v) is 14.6. The number of ketones is 1. The van der Waals surface area contributed by atoms with Crippen LogP contribution in [0.5, 0.6) is 0 Å². The van der Waals surface area contributed by atoms with Crippen LogP contribution in [0, 0.1) is 45.8 Å². The van der Waals surface area contributed by atoms with Crippen molar-refractivity contribution in [1.82, 2.24) is 0 Å². The third-order valence-corrected chi connectivity index (χ3v) is 8.36. The molecule has 0 amide bonds. The highest BCUT2D eigenvalue weighted by Gasteiger charge is 2.61. The standard InChI is InChI=1S/C21H29NO/c1-20-11-4-3-5-14(20)6-8-16-17-9-7-15(10-12-22)21(17,2)13-18(23)19(16)20/h10,14,16-17,19H,3-9,11,13H2,1-2H3/b15-10-/t14-,16+,17+,19-,20+,21-/m1/s1. The van der Waals surface area contributed by atoms with Crippen LogP contribution in [0.2, 0.25) is 0 Å². The molecule has 0 saturated heterocycles. The molecule has 23 heavy (non-hydrogen) atoms. The predicted molar refractivity (Wildman–Crippen MR) is 90.4 cm³/mol. The molecular weight excluding hydrogens is 282 g/mol. The van der Waals surface area contributed by atoms with Crippen LogP contribution in [-0.4, -0.2) is 5.78 Å². The molecule has 0 aliphatic heterocycles. The van der Waals surface area contributed by atoms with Crippen molar-refractivity contribution in [2.45, 2.75) is 71.6 Å². The quantitative estimate of drug-likeness (QED) is 0.587. The predicted octanol–water partition coefficient (Wildman–Crippen LogP) is 5.05. The van der Waals surface area contributed by atoms with Crippen molar-refractivity contribution >= 4 is 5.78 Å². The van der Waals surface area contributed by atoms with E-state index in [1.807, 2.05) is 0 Å². The molecule has 0 radical (unpaired) electrons. The second-order valence-electron chi connectivity index (χ2n) is 9.17. The van der Waals surface area contributed by atoms with Gasteiger partial charge in [-0.15, -0.1) is 0 Å². The van der Waals surface area contributed by atoms with E-state index in [1.54, 1.807) is 6.08 Å². The van der Waals surface area contributed by atoms with Crippen molar-refractivity contribution < 1.29 is 4.79 Å². The van der Waals surface area contributed by atoms with Gasteiger partial charge < -0.3 is 0 Å². The summed E-state index contributed by atoms with van der Waals surface area (Å²) in [5, 5.41) is 9.11. The summed E-state index contributed by atoms with van der Waals surface area (Å²) in [5.74, 6) is 2.81. The molecule has 2 nitrogen and oxygen atoms in total. The Bertz CT molecular complexity index is 599. The highest BCUT2D eigenvalue weighted by atomic mass is 16.1. The SMILES string of the molecule is C[C@]12CCCC[C@@H]1CC[C@@H]1[C@@H]2C(=O)C[C@]2(C)/C(=C\C#N)CC[C@@H]12. The molecule has 4 saturated carbocycles. The van der Waals surface area contributed by atoms with Gasteiger partial charge in [-0.25, -0.2) is 0 Å². The van der Waals surface area contributed by atoms with E-state index in [4.69, 9.17) is 5.26 Å². The molecule has 6 atom stereocenters. The van der Waals surface area contributed by atoms with Gasteiger partial charge in [-0.3, -0.25) is 4.79 Å². The number of allylic oxidation sites excluding steroid dienone is 2. The zero-order valence-electron chi connectivity index (χ0n) is 14.6. The molecule has 0 aromatic rings. The Morgan fingerprint density at radius 1 is 1.17 bits per heavy atom. The smallest absolute Gasteiger partial charge is 0.137 e. The lowest BCUT2D eigenvalue weighted by Gasteiger charge is -2.59. The van der Waals surface area contributed by atoms with E-state index in [-0.39, 0.29) is 10.8 Å². The number of rotatable bonds is 0. The van der Waals surface area contributed by atoms with Gasteiger partial charge in [0.2, 0.25) is 0 Å². The molecule has 4 rings (SSSR count). The van der Waals surface area contributed by atoms with Gasteiger partial charge in [0, 0.05) is 18.4 Å². The summed E-state index contributed by atoms with van der Waals surface area (Å²) in [6.07, 6.45) is 12.5. The number of nitriles is 1. The normalized spacial score (nSPS) is 50.8. The highest BCUT2D eigenvalue weighted by Crippen LogP contribution is 2.66. The molecule has 4 aliphatic carbocycles. The monoisotopic (exact) mass is 311 g/mol. The molecule has 0 unspecified atom stereocenters.